The van der Waals surface area contributed by atoms with Crippen molar-refractivity contribution in [2.75, 3.05) is 6.54 Å². The lowest BCUT2D eigenvalue weighted by atomic mass is 9.55. The Bertz CT molecular complexity index is 1350. The molecule has 1 aromatic heterocycles. The molecule has 0 unspecified atom stereocenters. The van der Waals surface area contributed by atoms with Crippen molar-refractivity contribution in [2.45, 2.75) is 31.8 Å². The van der Waals surface area contributed by atoms with Crippen LogP contribution in [0.3, 0.4) is 0 Å². The topological polar surface area (TPSA) is 65.2 Å². The van der Waals surface area contributed by atoms with Crippen LogP contribution in [0.4, 0.5) is 4.39 Å². The van der Waals surface area contributed by atoms with Crippen molar-refractivity contribution in [1.29, 1.82) is 0 Å². The van der Waals surface area contributed by atoms with Crippen molar-refractivity contribution in [3.63, 3.8) is 0 Å². The van der Waals surface area contributed by atoms with Crippen LogP contribution < -0.4 is 10.5 Å². The molecule has 1 aliphatic carbocycles. The van der Waals surface area contributed by atoms with Crippen LogP contribution in [0.15, 0.2) is 78.9 Å². The number of fused-ring (bicyclic) bond motifs is 1. The Balaban J connectivity index is 1.48. The van der Waals surface area contributed by atoms with Gasteiger partial charge in [0.1, 0.15) is 18.2 Å². The fourth-order valence-electron chi connectivity index (χ4n) is 5.24. The van der Waals surface area contributed by atoms with Crippen LogP contribution >= 0.6 is 0 Å². The Morgan fingerprint density at radius 2 is 1.85 bits per heavy atom. The number of nitrogens with two attached hydrogens (primary N) is 1. The van der Waals surface area contributed by atoms with Crippen LogP contribution in [0.5, 0.6) is 5.75 Å². The van der Waals surface area contributed by atoms with E-state index in [0.717, 1.165) is 35.0 Å². The van der Waals surface area contributed by atoms with Crippen LogP contribution in [-0.4, -0.2) is 17.3 Å². The highest BCUT2D eigenvalue weighted by Gasteiger charge is 2.46. The molecule has 1 heterocycles. The summed E-state index contributed by atoms with van der Waals surface area (Å²) < 4.78 is 19.6. The number of ether oxygens (including phenoxy) is 1. The maximum Gasteiger partial charge on any atom is 0.176 e. The summed E-state index contributed by atoms with van der Waals surface area (Å²) in [5, 5.41) is 0.750. The molecule has 5 heteroatoms. The lowest BCUT2D eigenvalue weighted by Crippen LogP contribution is -2.42. The Hall–Kier alpha value is -3.57. The number of carbonyl (C=O) groups is 1. The molecule has 0 aliphatic heterocycles. The van der Waals surface area contributed by atoms with Gasteiger partial charge >= 0.3 is 0 Å². The van der Waals surface area contributed by atoms with Crippen molar-refractivity contribution in [2.24, 2.45) is 11.7 Å². The molecule has 0 bridgehead atoms. The average Bonchev–Trinajstić information content (AvgIpc) is 2.85. The summed E-state index contributed by atoms with van der Waals surface area (Å²) >= 11 is 0. The van der Waals surface area contributed by atoms with Crippen LogP contribution in [0.2, 0.25) is 0 Å². The van der Waals surface area contributed by atoms with Gasteiger partial charge < -0.3 is 10.5 Å². The molecule has 2 N–H and O–H groups in total. The third-order valence-electron chi connectivity index (χ3n) is 6.81. The van der Waals surface area contributed by atoms with Gasteiger partial charge in [-0.2, -0.15) is 0 Å². The van der Waals surface area contributed by atoms with Crippen molar-refractivity contribution < 1.29 is 13.9 Å². The second kappa shape index (κ2) is 8.99. The number of pyridine rings is 1. The van der Waals surface area contributed by atoms with Crippen LogP contribution in [0, 0.1) is 11.7 Å². The fourth-order valence-corrected chi connectivity index (χ4v) is 5.24. The molecule has 4 aromatic rings. The third kappa shape index (κ3) is 4.08. The Morgan fingerprint density at radius 1 is 1.06 bits per heavy atom. The number of halogens is 1. The molecule has 3 aromatic carbocycles. The number of nitrogens with zero attached hydrogens (tertiary/aromatic N) is 1. The molecule has 172 valence electrons. The molecule has 5 rings (SSSR count). The smallest absolute Gasteiger partial charge is 0.176 e. The normalized spacial score (nSPS) is 19.6. The van der Waals surface area contributed by atoms with Crippen LogP contribution in [0.25, 0.3) is 10.9 Å². The molecule has 0 amide bonds. The van der Waals surface area contributed by atoms with Gasteiger partial charge in [0.15, 0.2) is 5.78 Å². The fraction of sp³-hybridized carbons (Fsp3) is 0.241. The van der Waals surface area contributed by atoms with Gasteiger partial charge in [0.05, 0.1) is 17.8 Å². The number of carbonyl (C=O) groups excluding carboxylic acids is 1. The first-order chi connectivity index (χ1) is 16.5. The summed E-state index contributed by atoms with van der Waals surface area (Å²) in [6.45, 7) is 2.48. The van der Waals surface area contributed by atoms with Crippen molar-refractivity contribution in [1.82, 2.24) is 4.98 Å². The number of hydrogen-bond acceptors (Lipinski definition) is 4. The van der Waals surface area contributed by atoms with E-state index in [1.165, 1.54) is 17.7 Å². The second-order valence-corrected chi connectivity index (χ2v) is 9.22. The average molecular weight is 455 g/mol. The zero-order valence-corrected chi connectivity index (χ0v) is 19.1. The minimum absolute atomic E-state index is 0.0325. The highest BCUT2D eigenvalue weighted by atomic mass is 19.1. The number of aromatic nitrogens is 1. The Labute approximate surface area is 198 Å². The highest BCUT2D eigenvalue weighted by molar-refractivity contribution is 5.99. The van der Waals surface area contributed by atoms with Gasteiger partial charge in [-0.15, -0.1) is 0 Å². The predicted molar refractivity (Wildman–Crippen MR) is 131 cm³/mol. The van der Waals surface area contributed by atoms with E-state index in [-0.39, 0.29) is 30.2 Å². The lowest BCUT2D eigenvalue weighted by Gasteiger charge is -2.48. The zero-order valence-electron chi connectivity index (χ0n) is 19.1. The molecule has 0 saturated heterocycles. The molecule has 0 atom stereocenters. The van der Waals surface area contributed by atoms with Gasteiger partial charge in [-0.1, -0.05) is 43.3 Å². The molecular weight excluding hydrogens is 427 g/mol. The maximum atomic E-state index is 13.5. The molecule has 0 spiro atoms. The zero-order chi connectivity index (χ0) is 23.7. The summed E-state index contributed by atoms with van der Waals surface area (Å²) in [7, 11) is 0. The summed E-state index contributed by atoms with van der Waals surface area (Å²) in [5.74, 6) is 0.895. The Kier molecular flexibility index (Phi) is 5.88. The van der Waals surface area contributed by atoms with E-state index in [9.17, 15) is 9.18 Å². The van der Waals surface area contributed by atoms with Crippen molar-refractivity contribution >= 4 is 16.7 Å². The minimum Gasteiger partial charge on any atom is -0.487 e. The molecular formula is C29H27FN2O2. The van der Waals surface area contributed by atoms with E-state index in [4.69, 9.17) is 10.5 Å². The summed E-state index contributed by atoms with van der Waals surface area (Å²) in [5.41, 5.74) is 9.84. The first kappa shape index (κ1) is 22.2. The highest BCUT2D eigenvalue weighted by Crippen LogP contribution is 2.53. The van der Waals surface area contributed by atoms with E-state index in [1.807, 2.05) is 48.5 Å². The molecule has 1 fully saturated rings. The van der Waals surface area contributed by atoms with Gasteiger partial charge in [0, 0.05) is 16.4 Å². The largest absolute Gasteiger partial charge is 0.487 e. The standard InChI is InChI=1S/C29H27FN2O2/c1-19-15-29(16-19,21-5-3-2-4-6-21)26-14-24(10-11-25(26)28(33)17-31)34-18-23-9-7-20-13-22(30)8-12-27(20)32-23/h2-14,19H,15-18,31H2,1H3. The van der Waals surface area contributed by atoms with Gasteiger partial charge in [-0.3, -0.25) is 4.79 Å². The first-order valence-electron chi connectivity index (χ1n) is 11.6. The van der Waals surface area contributed by atoms with Gasteiger partial charge in [-0.05, 0) is 72.4 Å². The number of ketones is 1. The molecule has 0 radical (unpaired) electrons. The minimum atomic E-state index is -0.282. The molecule has 1 saturated carbocycles. The SMILES string of the molecule is CC1CC(c2ccccc2)(c2cc(OCc3ccc4cc(F)ccc4n3)ccc2C(=O)CN)C1. The van der Waals surface area contributed by atoms with Gasteiger partial charge in [0.25, 0.3) is 0 Å². The Morgan fingerprint density at radius 3 is 2.59 bits per heavy atom. The summed E-state index contributed by atoms with van der Waals surface area (Å²) in [4.78, 5) is 17.4. The van der Waals surface area contributed by atoms with E-state index < -0.39 is 0 Å². The van der Waals surface area contributed by atoms with Gasteiger partial charge in [-0.25, -0.2) is 9.37 Å². The second-order valence-electron chi connectivity index (χ2n) is 9.22. The monoisotopic (exact) mass is 454 g/mol. The van der Waals surface area contributed by atoms with Crippen LogP contribution in [-0.2, 0) is 12.0 Å². The predicted octanol–water partition coefficient (Wildman–Crippen LogP) is 5.81. The molecule has 4 nitrogen and oxygen atoms in total. The van der Waals surface area contributed by atoms with E-state index >= 15 is 0 Å². The van der Waals surface area contributed by atoms with E-state index in [1.54, 1.807) is 6.07 Å². The van der Waals surface area contributed by atoms with Crippen molar-refractivity contribution in [3.05, 3.63) is 107 Å². The maximum absolute atomic E-state index is 13.5. The number of rotatable bonds is 7. The third-order valence-corrected chi connectivity index (χ3v) is 6.81. The van der Waals surface area contributed by atoms with Gasteiger partial charge in [0.2, 0.25) is 0 Å². The van der Waals surface area contributed by atoms with E-state index in [0.29, 0.717) is 17.2 Å². The number of Topliss-reactive ketones (excluding diaryl/α,β-unsaturated/α-hetero) is 1. The quantitative estimate of drug-likeness (QED) is 0.358. The summed E-state index contributed by atoms with van der Waals surface area (Å²) in [6, 6.07) is 24.3. The van der Waals surface area contributed by atoms with Crippen molar-refractivity contribution in [3.8, 4) is 5.75 Å². The first-order valence-corrected chi connectivity index (χ1v) is 11.6. The number of hydrogen-bond donors (Lipinski definition) is 1. The summed E-state index contributed by atoms with van der Waals surface area (Å²) in [6.07, 6.45) is 1.93. The van der Waals surface area contributed by atoms with Crippen LogP contribution in [0.1, 0.15) is 46.9 Å². The van der Waals surface area contributed by atoms with E-state index in [2.05, 4.69) is 24.0 Å². The molecule has 1 aliphatic rings. The number of benzene rings is 3. The molecule has 34 heavy (non-hydrogen) atoms. The lowest BCUT2D eigenvalue weighted by molar-refractivity contribution is 0.0995.